The van der Waals surface area contributed by atoms with Gasteiger partial charge in [-0.15, -0.1) is 0 Å². The Labute approximate surface area is 258 Å². The second-order valence-corrected chi connectivity index (χ2v) is 13.6. The summed E-state index contributed by atoms with van der Waals surface area (Å²) in [7, 11) is 0. The Bertz CT molecular complexity index is 1320. The number of ether oxygens (including phenoxy) is 5. The van der Waals surface area contributed by atoms with Crippen molar-refractivity contribution in [3.8, 4) is 0 Å². The quantitative estimate of drug-likeness (QED) is 0.104. The Morgan fingerprint density at radius 2 is 1.89 bits per heavy atom. The van der Waals surface area contributed by atoms with Crippen LogP contribution in [0.25, 0.3) is 0 Å². The van der Waals surface area contributed by atoms with Gasteiger partial charge in [0.15, 0.2) is 17.0 Å². The minimum Gasteiger partial charge on any atom is -0.458 e. The first-order chi connectivity index (χ1) is 20.9. The maximum absolute atomic E-state index is 13.7. The summed E-state index contributed by atoms with van der Waals surface area (Å²) in [5, 5.41) is 34.7. The maximum atomic E-state index is 13.7. The number of carbonyl (C=O) groups is 2. The van der Waals surface area contributed by atoms with Gasteiger partial charge in [0.05, 0.1) is 12.2 Å². The fraction of sp³-hybridized carbons (Fsp3) is 0.706. The average molecular weight is 615 g/mol. The van der Waals surface area contributed by atoms with Gasteiger partial charge < -0.3 is 39.0 Å². The molecule has 0 aromatic carbocycles. The summed E-state index contributed by atoms with van der Waals surface area (Å²) in [6, 6.07) is 0. The van der Waals surface area contributed by atoms with Crippen molar-refractivity contribution < 1.29 is 48.6 Å². The zero-order chi connectivity index (χ0) is 31.9. The van der Waals surface area contributed by atoms with E-state index in [1.807, 2.05) is 19.9 Å². The highest BCUT2D eigenvalue weighted by molar-refractivity contribution is 6.05. The summed E-state index contributed by atoms with van der Waals surface area (Å²) in [5.74, 6) is -5.45. The van der Waals surface area contributed by atoms with E-state index < -0.39 is 88.9 Å². The monoisotopic (exact) mass is 614 g/mol. The Morgan fingerprint density at radius 3 is 2.55 bits per heavy atom. The van der Waals surface area contributed by atoms with Crippen LogP contribution in [-0.4, -0.2) is 86.5 Å². The minimum absolute atomic E-state index is 0.176. The Balaban J connectivity index is 1.55. The Hall–Kier alpha value is -2.18. The second-order valence-electron chi connectivity index (χ2n) is 13.6. The highest BCUT2D eigenvalue weighted by Gasteiger charge is 2.90. The number of aliphatic hydroxyl groups is 3. The molecule has 2 saturated carbocycles. The molecule has 3 N–H and O–H groups in total. The van der Waals surface area contributed by atoms with E-state index in [1.165, 1.54) is 0 Å². The van der Waals surface area contributed by atoms with E-state index in [9.17, 15) is 24.9 Å². The summed E-state index contributed by atoms with van der Waals surface area (Å²) in [6.07, 6.45) is 9.52. The number of esters is 1. The number of hydrogen-bond acceptors (Lipinski definition) is 10. The lowest BCUT2D eigenvalue weighted by Gasteiger charge is -2.61. The standard InChI is InChI=1S/C34H46O10/c1-7-9-10-11-12-13-14-16-31-42-28-24-27-30(18-35,41-27)29(38)32(39)22(17-20(5)25(32)37)34(24,44-31)21(6)26(40-23(36)15-8-2)33(28,43-31)19(3)4/h12-14,16-17,21-22,24,26-29,35,38-39H,3,7-11,15,18H2,1-2,4-6H3/b13-12+,16-14+/t21-,22-,24+,26-,27+,28-,29-,30+,31-,32-,33+,34?/m1/s1. The third-order valence-electron chi connectivity index (χ3n) is 11.0. The smallest absolute Gasteiger partial charge is 0.307 e. The van der Waals surface area contributed by atoms with Crippen LogP contribution in [-0.2, 0) is 33.3 Å². The number of fused-ring (bicyclic) bond motifs is 3. The lowest BCUT2D eigenvalue weighted by atomic mass is 9.53. The largest absolute Gasteiger partial charge is 0.458 e. The van der Waals surface area contributed by atoms with Gasteiger partial charge in [0, 0.05) is 30.3 Å². The van der Waals surface area contributed by atoms with Crippen LogP contribution >= 0.6 is 0 Å². The zero-order valence-electron chi connectivity index (χ0n) is 26.3. The van der Waals surface area contributed by atoms with Crippen molar-refractivity contribution in [3.63, 3.8) is 0 Å². The summed E-state index contributed by atoms with van der Waals surface area (Å²) >= 11 is 0. The van der Waals surface area contributed by atoms with E-state index >= 15 is 0 Å². The van der Waals surface area contributed by atoms with Gasteiger partial charge in [-0.25, -0.2) is 0 Å². The van der Waals surface area contributed by atoms with E-state index in [0.29, 0.717) is 12.0 Å². The topological polar surface area (TPSA) is 144 Å². The van der Waals surface area contributed by atoms with Gasteiger partial charge in [-0.2, -0.15) is 0 Å². The molecule has 44 heavy (non-hydrogen) atoms. The van der Waals surface area contributed by atoms with E-state index in [-0.39, 0.29) is 12.0 Å². The van der Waals surface area contributed by atoms with Gasteiger partial charge >= 0.3 is 11.9 Å². The predicted molar refractivity (Wildman–Crippen MR) is 158 cm³/mol. The minimum atomic E-state index is -2.38. The van der Waals surface area contributed by atoms with Crippen molar-refractivity contribution in [3.05, 3.63) is 48.1 Å². The van der Waals surface area contributed by atoms with Crippen LogP contribution < -0.4 is 0 Å². The van der Waals surface area contributed by atoms with Crippen LogP contribution in [0.15, 0.2) is 48.1 Å². The van der Waals surface area contributed by atoms with Crippen LogP contribution in [0.1, 0.15) is 73.1 Å². The number of rotatable bonds is 11. The molecule has 3 aliphatic carbocycles. The fourth-order valence-electron chi connectivity index (χ4n) is 8.89. The molecule has 1 unspecified atom stereocenters. The van der Waals surface area contributed by atoms with E-state index in [2.05, 4.69) is 19.6 Å². The molecule has 0 radical (unpaired) electrons. The number of epoxide rings is 1. The number of Topliss-reactive ketones (excluding diaryl/α,β-unsaturated/α-hetero) is 1. The van der Waals surface area contributed by atoms with Crippen molar-refractivity contribution in [1.29, 1.82) is 0 Å². The highest BCUT2D eigenvalue weighted by Crippen LogP contribution is 2.73. The molecule has 0 amide bonds. The van der Waals surface area contributed by atoms with Crippen molar-refractivity contribution >= 4 is 11.8 Å². The van der Waals surface area contributed by atoms with E-state index in [4.69, 9.17) is 23.7 Å². The molecule has 3 saturated heterocycles. The molecule has 3 bridgehead atoms. The predicted octanol–water partition coefficient (Wildman–Crippen LogP) is 3.19. The first-order valence-corrected chi connectivity index (χ1v) is 16.1. The lowest BCUT2D eigenvalue weighted by molar-refractivity contribution is -0.407. The molecule has 0 aromatic rings. The zero-order valence-corrected chi connectivity index (χ0v) is 26.3. The van der Waals surface area contributed by atoms with Crippen LogP contribution in [0.2, 0.25) is 0 Å². The van der Waals surface area contributed by atoms with Crippen LogP contribution in [0.5, 0.6) is 0 Å². The van der Waals surface area contributed by atoms with E-state index in [0.717, 1.165) is 25.7 Å². The first kappa shape index (κ1) is 31.8. The summed E-state index contributed by atoms with van der Waals surface area (Å²) in [5.41, 5.74) is -6.11. The molecular formula is C34H46O10. The Morgan fingerprint density at radius 1 is 1.14 bits per heavy atom. The molecule has 12 atom stereocenters. The SMILES string of the molecule is C=C(C)[C@@]12O[C@@]3(/C=C/C=C/CCCCC)O[C@@H]1[C@@H]1[C@@H]4O[C@]4(CO)[C@@H](O)[C@]4(O)C(=O)C(C)=C[C@H]4C1(O3)[C@H](C)[C@H]2OC(=O)CCC. The lowest BCUT2D eigenvalue weighted by Crippen LogP contribution is -2.76. The molecule has 3 heterocycles. The number of hydrogen-bond donors (Lipinski definition) is 3. The van der Waals surface area contributed by atoms with Gasteiger partial charge in [-0.05, 0) is 44.3 Å². The van der Waals surface area contributed by atoms with Gasteiger partial charge in [-0.3, -0.25) is 9.59 Å². The van der Waals surface area contributed by atoms with Crippen LogP contribution in [0, 0.1) is 17.8 Å². The molecular weight excluding hydrogens is 568 g/mol. The molecule has 5 fully saturated rings. The Kier molecular flexibility index (Phi) is 7.72. The molecule has 0 aromatic heterocycles. The molecule has 10 heteroatoms. The molecule has 6 rings (SSSR count). The van der Waals surface area contributed by atoms with Crippen molar-refractivity contribution in [1.82, 2.24) is 0 Å². The average Bonchev–Trinajstić information content (AvgIpc) is 3.61. The van der Waals surface area contributed by atoms with E-state index in [1.54, 1.807) is 32.1 Å². The number of unbranched alkanes of at least 4 members (excludes halogenated alkanes) is 3. The van der Waals surface area contributed by atoms with Gasteiger partial charge in [0.1, 0.15) is 30.0 Å². The number of aliphatic hydroxyl groups excluding tert-OH is 2. The first-order valence-electron chi connectivity index (χ1n) is 16.1. The van der Waals surface area contributed by atoms with Gasteiger partial charge in [-0.1, -0.05) is 64.5 Å². The summed E-state index contributed by atoms with van der Waals surface area (Å²) < 4.78 is 32.9. The van der Waals surface area contributed by atoms with Crippen molar-refractivity contribution in [2.45, 2.75) is 126 Å². The van der Waals surface area contributed by atoms with Gasteiger partial charge in [0.25, 0.3) is 0 Å². The number of ketones is 1. The van der Waals surface area contributed by atoms with Crippen LogP contribution in [0.4, 0.5) is 0 Å². The normalized spacial score (nSPS) is 48.2. The maximum Gasteiger partial charge on any atom is 0.307 e. The third-order valence-corrected chi connectivity index (χ3v) is 11.0. The highest BCUT2D eigenvalue weighted by atomic mass is 16.9. The molecule has 0 spiro atoms. The molecule has 242 valence electrons. The van der Waals surface area contributed by atoms with Crippen LogP contribution in [0.3, 0.4) is 0 Å². The summed E-state index contributed by atoms with van der Waals surface area (Å²) in [4.78, 5) is 26.9. The molecule has 10 nitrogen and oxygen atoms in total. The fourth-order valence-corrected chi connectivity index (χ4v) is 8.89. The third kappa shape index (κ3) is 3.91. The number of carbonyl (C=O) groups excluding carboxylic acids is 2. The van der Waals surface area contributed by atoms with Gasteiger partial charge in [0.2, 0.25) is 0 Å². The molecule has 6 aliphatic rings. The van der Waals surface area contributed by atoms with Crippen molar-refractivity contribution in [2.75, 3.05) is 6.61 Å². The number of allylic oxidation sites excluding steroid dienone is 3. The second kappa shape index (κ2) is 10.7. The van der Waals surface area contributed by atoms with Crippen molar-refractivity contribution in [2.24, 2.45) is 17.8 Å². The summed E-state index contributed by atoms with van der Waals surface area (Å²) in [6.45, 7) is 12.9. The molecule has 3 aliphatic heterocycles.